The highest BCUT2D eigenvalue weighted by atomic mass is 35.5. The fourth-order valence-corrected chi connectivity index (χ4v) is 3.83. The minimum atomic E-state index is 0.697. The second kappa shape index (κ2) is 6.78. The second-order valence-corrected chi connectivity index (χ2v) is 6.93. The summed E-state index contributed by atoms with van der Waals surface area (Å²) in [7, 11) is 0. The quantitative estimate of drug-likeness (QED) is 0.518. The summed E-state index contributed by atoms with van der Waals surface area (Å²) in [5.41, 5.74) is 5.72. The van der Waals surface area contributed by atoms with Gasteiger partial charge in [0, 0.05) is 17.3 Å². The summed E-state index contributed by atoms with van der Waals surface area (Å²) in [5, 5.41) is 0.697. The fraction of sp³-hybridized carbons (Fsp3) is 0.227. The van der Waals surface area contributed by atoms with Crippen molar-refractivity contribution in [1.29, 1.82) is 0 Å². The molecule has 0 bridgehead atoms. The van der Waals surface area contributed by atoms with E-state index < -0.39 is 0 Å². The maximum absolute atomic E-state index is 6.42. The Morgan fingerprint density at radius 2 is 1.54 bits per heavy atom. The van der Waals surface area contributed by atoms with Crippen molar-refractivity contribution in [1.82, 2.24) is 4.98 Å². The van der Waals surface area contributed by atoms with Gasteiger partial charge in [0.05, 0.1) is 10.7 Å². The van der Waals surface area contributed by atoms with Crippen LogP contribution in [0.5, 0.6) is 0 Å². The molecule has 4 rings (SSSR count). The Bertz CT molecular complexity index is 818. The summed E-state index contributed by atoms with van der Waals surface area (Å²) in [6, 6.07) is 21.2. The Morgan fingerprint density at radius 1 is 0.833 bits per heavy atom. The van der Waals surface area contributed by atoms with Crippen LogP contribution in [0.2, 0.25) is 5.02 Å². The Hall–Kier alpha value is -2.12. The van der Waals surface area contributed by atoms with E-state index in [2.05, 4.69) is 47.4 Å². The number of rotatable bonds is 3. The molecule has 0 atom stereocenters. The molecule has 0 unspecified atom stereocenters. The van der Waals surface area contributed by atoms with E-state index >= 15 is 0 Å². The monoisotopic (exact) mass is 333 g/mol. The third kappa shape index (κ3) is 3.09. The van der Waals surface area contributed by atoms with Crippen molar-refractivity contribution < 1.29 is 0 Å². The van der Waals surface area contributed by atoms with E-state index in [0.717, 1.165) is 28.3 Å². The molecule has 24 heavy (non-hydrogen) atoms. The van der Waals surface area contributed by atoms with Gasteiger partial charge in [-0.3, -0.25) is 4.98 Å². The van der Waals surface area contributed by atoms with Crippen LogP contribution in [0.4, 0.5) is 0 Å². The van der Waals surface area contributed by atoms with Gasteiger partial charge in [-0.05, 0) is 36.0 Å². The maximum Gasteiger partial charge on any atom is 0.0709 e. The molecule has 1 fully saturated rings. The van der Waals surface area contributed by atoms with Gasteiger partial charge in [0.1, 0.15) is 0 Å². The van der Waals surface area contributed by atoms with Crippen LogP contribution in [-0.4, -0.2) is 4.98 Å². The van der Waals surface area contributed by atoms with E-state index in [4.69, 9.17) is 11.6 Å². The number of nitrogens with zero attached hydrogens (tertiary/aromatic N) is 1. The standard InChI is InChI=1S/C22H20ClN/c23-21-15-24-22(19-8-2-1-3-9-19)14-20(21)18-12-10-17(11-13-18)16-6-4-5-7-16/h1-3,8-16H,4-7H2. The third-order valence-corrected chi connectivity index (χ3v) is 5.27. The van der Waals surface area contributed by atoms with Crippen molar-refractivity contribution in [2.45, 2.75) is 31.6 Å². The van der Waals surface area contributed by atoms with E-state index in [-0.39, 0.29) is 0 Å². The SMILES string of the molecule is Clc1cnc(-c2ccccc2)cc1-c1ccc(C2CCCC2)cc1. The first-order valence-electron chi connectivity index (χ1n) is 8.62. The molecule has 120 valence electrons. The highest BCUT2D eigenvalue weighted by Gasteiger charge is 2.17. The van der Waals surface area contributed by atoms with E-state index in [0.29, 0.717) is 5.02 Å². The summed E-state index contributed by atoms with van der Waals surface area (Å²) in [6.45, 7) is 0. The Balaban J connectivity index is 1.68. The molecule has 1 aliphatic carbocycles. The van der Waals surface area contributed by atoms with E-state index in [1.165, 1.54) is 31.2 Å². The molecule has 2 heteroatoms. The third-order valence-electron chi connectivity index (χ3n) is 4.97. The van der Waals surface area contributed by atoms with Crippen LogP contribution in [0.3, 0.4) is 0 Å². The van der Waals surface area contributed by atoms with Gasteiger partial charge in [0.15, 0.2) is 0 Å². The van der Waals surface area contributed by atoms with Gasteiger partial charge in [-0.1, -0.05) is 79.0 Å². The second-order valence-electron chi connectivity index (χ2n) is 6.52. The fourth-order valence-electron chi connectivity index (χ4n) is 3.62. The lowest BCUT2D eigenvalue weighted by atomic mass is 9.95. The summed E-state index contributed by atoms with van der Waals surface area (Å²) in [5.74, 6) is 0.742. The van der Waals surface area contributed by atoms with Crippen molar-refractivity contribution in [2.75, 3.05) is 0 Å². The number of hydrogen-bond donors (Lipinski definition) is 0. The van der Waals surface area contributed by atoms with Crippen LogP contribution in [-0.2, 0) is 0 Å². The average molecular weight is 334 g/mol. The summed E-state index contributed by atoms with van der Waals surface area (Å²) in [6.07, 6.45) is 7.14. The number of aromatic nitrogens is 1. The molecule has 1 nitrogen and oxygen atoms in total. The van der Waals surface area contributed by atoms with Crippen LogP contribution >= 0.6 is 11.6 Å². The number of benzene rings is 2. The molecule has 1 aliphatic rings. The zero-order valence-corrected chi connectivity index (χ0v) is 14.3. The molecule has 0 N–H and O–H groups in total. The van der Waals surface area contributed by atoms with Crippen molar-refractivity contribution >= 4 is 11.6 Å². The van der Waals surface area contributed by atoms with Crippen molar-refractivity contribution in [3.63, 3.8) is 0 Å². The van der Waals surface area contributed by atoms with Crippen LogP contribution in [0, 0.1) is 0 Å². The molecule has 1 saturated carbocycles. The van der Waals surface area contributed by atoms with E-state index in [1.807, 2.05) is 18.2 Å². The molecule has 2 aromatic carbocycles. The molecule has 1 aromatic heterocycles. The predicted octanol–water partition coefficient (Wildman–Crippen LogP) is 6.73. The van der Waals surface area contributed by atoms with Crippen LogP contribution < -0.4 is 0 Å². The molecule has 0 radical (unpaired) electrons. The minimum absolute atomic E-state index is 0.697. The van der Waals surface area contributed by atoms with Gasteiger partial charge < -0.3 is 0 Å². The lowest BCUT2D eigenvalue weighted by molar-refractivity contribution is 0.723. The lowest BCUT2D eigenvalue weighted by Gasteiger charge is -2.12. The van der Waals surface area contributed by atoms with Gasteiger partial charge in [0.25, 0.3) is 0 Å². The number of halogens is 1. The smallest absolute Gasteiger partial charge is 0.0709 e. The molecular weight excluding hydrogens is 314 g/mol. The van der Waals surface area contributed by atoms with Gasteiger partial charge in [-0.15, -0.1) is 0 Å². The van der Waals surface area contributed by atoms with E-state index in [1.54, 1.807) is 6.20 Å². The Labute approximate surface area is 148 Å². The molecule has 0 spiro atoms. The molecule has 0 amide bonds. The first kappa shape index (κ1) is 15.4. The van der Waals surface area contributed by atoms with Crippen LogP contribution in [0.25, 0.3) is 22.4 Å². The minimum Gasteiger partial charge on any atom is -0.255 e. The van der Waals surface area contributed by atoms with E-state index in [9.17, 15) is 0 Å². The Morgan fingerprint density at radius 3 is 2.25 bits per heavy atom. The van der Waals surface area contributed by atoms with Gasteiger partial charge in [0.2, 0.25) is 0 Å². The zero-order chi connectivity index (χ0) is 16.4. The molecule has 1 heterocycles. The topological polar surface area (TPSA) is 12.9 Å². The highest BCUT2D eigenvalue weighted by Crippen LogP contribution is 2.36. The number of pyridine rings is 1. The first-order chi connectivity index (χ1) is 11.8. The zero-order valence-electron chi connectivity index (χ0n) is 13.6. The summed E-state index contributed by atoms with van der Waals surface area (Å²) >= 11 is 6.42. The Kier molecular flexibility index (Phi) is 4.36. The largest absolute Gasteiger partial charge is 0.255 e. The summed E-state index contributed by atoms with van der Waals surface area (Å²) < 4.78 is 0. The molecule has 0 aliphatic heterocycles. The maximum atomic E-state index is 6.42. The highest BCUT2D eigenvalue weighted by molar-refractivity contribution is 6.33. The molecule has 3 aromatic rings. The van der Waals surface area contributed by atoms with Gasteiger partial charge in [-0.25, -0.2) is 0 Å². The lowest BCUT2D eigenvalue weighted by Crippen LogP contribution is -1.92. The van der Waals surface area contributed by atoms with Gasteiger partial charge in [-0.2, -0.15) is 0 Å². The van der Waals surface area contributed by atoms with Gasteiger partial charge >= 0.3 is 0 Å². The summed E-state index contributed by atoms with van der Waals surface area (Å²) in [4.78, 5) is 4.48. The normalized spacial score (nSPS) is 14.9. The molecular formula is C22H20ClN. The van der Waals surface area contributed by atoms with Crippen molar-refractivity contribution in [2.24, 2.45) is 0 Å². The van der Waals surface area contributed by atoms with Crippen molar-refractivity contribution in [3.8, 4) is 22.4 Å². The molecule has 0 saturated heterocycles. The van der Waals surface area contributed by atoms with Crippen LogP contribution in [0.1, 0.15) is 37.2 Å². The van der Waals surface area contributed by atoms with Crippen molar-refractivity contribution in [3.05, 3.63) is 77.4 Å². The average Bonchev–Trinajstić information content (AvgIpc) is 3.18. The first-order valence-corrected chi connectivity index (χ1v) is 9.00. The van der Waals surface area contributed by atoms with Crippen LogP contribution in [0.15, 0.2) is 66.9 Å². The predicted molar refractivity (Wildman–Crippen MR) is 101 cm³/mol. The number of hydrogen-bond acceptors (Lipinski definition) is 1.